The van der Waals surface area contributed by atoms with Crippen LogP contribution < -0.4 is 5.32 Å². The van der Waals surface area contributed by atoms with Gasteiger partial charge in [-0.15, -0.1) is 0 Å². The van der Waals surface area contributed by atoms with Crippen LogP contribution >= 0.6 is 23.1 Å². The number of rotatable bonds is 5. The maximum atomic E-state index is 12.0. The van der Waals surface area contributed by atoms with Gasteiger partial charge in [-0.2, -0.15) is 0 Å². The molecule has 9 heteroatoms. The Hall–Kier alpha value is -2.39. The minimum absolute atomic E-state index is 0.124. The van der Waals surface area contributed by atoms with Crippen molar-refractivity contribution < 1.29 is 18.7 Å². The van der Waals surface area contributed by atoms with E-state index in [1.54, 1.807) is 6.92 Å². The summed E-state index contributed by atoms with van der Waals surface area (Å²) in [7, 11) is 1.30. The molecule has 0 radical (unpaired) electrons. The predicted octanol–water partition coefficient (Wildman–Crippen LogP) is 3.11. The molecule has 1 amide bonds. The van der Waals surface area contributed by atoms with Gasteiger partial charge in [0, 0.05) is 0 Å². The van der Waals surface area contributed by atoms with Crippen molar-refractivity contribution in [3.8, 4) is 0 Å². The third-order valence-corrected chi connectivity index (χ3v) is 4.90. The highest BCUT2D eigenvalue weighted by molar-refractivity contribution is 7.99. The lowest BCUT2D eigenvalue weighted by molar-refractivity contribution is -0.113. The molecule has 7 nitrogen and oxygen atoms in total. The molecule has 0 atom stereocenters. The molecule has 0 fully saturated rings. The zero-order chi connectivity index (χ0) is 17.1. The number of methoxy groups -OCH3 is 1. The van der Waals surface area contributed by atoms with Gasteiger partial charge in [0.05, 0.1) is 18.6 Å². The number of carbonyl (C=O) groups is 2. The summed E-state index contributed by atoms with van der Waals surface area (Å²) in [5, 5.41) is 3.44. The van der Waals surface area contributed by atoms with Crippen molar-refractivity contribution in [3.05, 3.63) is 34.8 Å². The quantitative estimate of drug-likeness (QED) is 0.550. The molecule has 2 heterocycles. The summed E-state index contributed by atoms with van der Waals surface area (Å²) >= 11 is 2.27. The van der Waals surface area contributed by atoms with Gasteiger partial charge in [-0.05, 0) is 19.1 Å². The minimum atomic E-state index is -0.466. The first-order valence-electron chi connectivity index (χ1n) is 6.91. The fourth-order valence-corrected chi connectivity index (χ4v) is 3.47. The predicted molar refractivity (Wildman–Crippen MR) is 91.6 cm³/mol. The smallest absolute Gasteiger partial charge is 0.350 e. The molecule has 0 unspecified atom stereocenters. The summed E-state index contributed by atoms with van der Waals surface area (Å²) in [5.41, 5.74) is 1.95. The number of aromatic nitrogens is 2. The first-order chi connectivity index (χ1) is 11.6. The Morgan fingerprint density at radius 3 is 2.88 bits per heavy atom. The van der Waals surface area contributed by atoms with Gasteiger partial charge >= 0.3 is 5.97 Å². The second-order valence-electron chi connectivity index (χ2n) is 4.71. The summed E-state index contributed by atoms with van der Waals surface area (Å²) in [5.74, 6) is -0.599. The first-order valence-corrected chi connectivity index (χ1v) is 8.71. The Bertz CT molecular complexity index is 870. The lowest BCUT2D eigenvalue weighted by Crippen LogP contribution is -2.13. The Labute approximate surface area is 145 Å². The van der Waals surface area contributed by atoms with Crippen LogP contribution in [-0.4, -0.2) is 34.7 Å². The summed E-state index contributed by atoms with van der Waals surface area (Å²) in [6.07, 6.45) is 0. The summed E-state index contributed by atoms with van der Waals surface area (Å²) < 4.78 is 10.2. The van der Waals surface area contributed by atoms with Crippen molar-refractivity contribution in [2.75, 3.05) is 18.2 Å². The standard InChI is InChI=1S/C15H13N3O4S2/c1-8-12(13(20)21-2)24-14(16-8)18-11(19)7-23-15-17-9-5-3-4-6-10(9)22-15/h3-6H,7H2,1-2H3,(H,16,18,19). The zero-order valence-corrected chi connectivity index (χ0v) is 14.5. The number of carbonyl (C=O) groups excluding carboxylic acids is 2. The van der Waals surface area contributed by atoms with Crippen molar-refractivity contribution in [2.45, 2.75) is 12.1 Å². The molecule has 1 aromatic carbocycles. The van der Waals surface area contributed by atoms with E-state index in [0.717, 1.165) is 16.9 Å². The average molecular weight is 363 g/mol. The van der Waals surface area contributed by atoms with Crippen LogP contribution in [0.1, 0.15) is 15.4 Å². The fraction of sp³-hybridized carbons (Fsp3) is 0.200. The summed E-state index contributed by atoms with van der Waals surface area (Å²) in [4.78, 5) is 32.4. The van der Waals surface area contributed by atoms with Crippen LogP contribution in [0.3, 0.4) is 0 Å². The molecule has 0 aliphatic heterocycles. The van der Waals surface area contributed by atoms with Crippen LogP contribution in [0.5, 0.6) is 0 Å². The molecule has 3 aromatic rings. The van der Waals surface area contributed by atoms with E-state index >= 15 is 0 Å². The molecule has 2 aromatic heterocycles. The molecule has 24 heavy (non-hydrogen) atoms. The lowest BCUT2D eigenvalue weighted by Gasteiger charge is -1.98. The van der Waals surface area contributed by atoms with E-state index in [1.165, 1.54) is 18.9 Å². The molecule has 3 rings (SSSR count). The van der Waals surface area contributed by atoms with Gasteiger partial charge in [-0.25, -0.2) is 14.8 Å². The molecule has 0 saturated carbocycles. The maximum Gasteiger partial charge on any atom is 0.350 e. The van der Waals surface area contributed by atoms with Gasteiger partial charge in [0.1, 0.15) is 10.4 Å². The summed E-state index contributed by atoms with van der Waals surface area (Å²) in [6, 6.07) is 7.39. The van der Waals surface area contributed by atoms with Crippen LogP contribution in [0.2, 0.25) is 0 Å². The normalized spacial score (nSPS) is 10.8. The first kappa shape index (κ1) is 16.5. The van der Waals surface area contributed by atoms with Crippen molar-refractivity contribution in [1.29, 1.82) is 0 Å². The highest BCUT2D eigenvalue weighted by atomic mass is 32.2. The molecule has 0 aliphatic rings. The number of nitrogens with one attached hydrogen (secondary N) is 1. The maximum absolute atomic E-state index is 12.0. The topological polar surface area (TPSA) is 94.3 Å². The molecule has 0 saturated heterocycles. The van der Waals surface area contributed by atoms with Crippen molar-refractivity contribution >= 4 is 51.2 Å². The van der Waals surface area contributed by atoms with E-state index in [-0.39, 0.29) is 11.7 Å². The number of thioether (sulfide) groups is 1. The van der Waals surface area contributed by atoms with Crippen LogP contribution in [0, 0.1) is 6.92 Å². The number of aryl methyl sites for hydroxylation is 1. The van der Waals surface area contributed by atoms with Crippen LogP contribution in [-0.2, 0) is 9.53 Å². The van der Waals surface area contributed by atoms with Crippen LogP contribution in [0.25, 0.3) is 11.1 Å². The van der Waals surface area contributed by atoms with E-state index in [9.17, 15) is 9.59 Å². The van der Waals surface area contributed by atoms with Crippen molar-refractivity contribution in [1.82, 2.24) is 9.97 Å². The SMILES string of the molecule is COC(=O)c1sc(NC(=O)CSc2nc3ccccc3o2)nc1C. The van der Waals surface area contributed by atoms with Gasteiger partial charge in [0.15, 0.2) is 10.7 Å². The number of para-hydroxylation sites is 2. The Morgan fingerprint density at radius 1 is 1.33 bits per heavy atom. The van der Waals surface area contributed by atoms with Gasteiger partial charge < -0.3 is 14.5 Å². The highest BCUT2D eigenvalue weighted by Crippen LogP contribution is 2.25. The van der Waals surface area contributed by atoms with Crippen molar-refractivity contribution in [3.63, 3.8) is 0 Å². The molecular formula is C15H13N3O4S2. The minimum Gasteiger partial charge on any atom is -0.465 e. The molecule has 1 N–H and O–H groups in total. The van der Waals surface area contributed by atoms with Gasteiger partial charge in [-0.3, -0.25) is 4.79 Å². The number of amides is 1. The average Bonchev–Trinajstić information content (AvgIpc) is 3.15. The fourth-order valence-electron chi connectivity index (χ4n) is 1.93. The molecule has 0 aliphatic carbocycles. The molecule has 124 valence electrons. The van der Waals surface area contributed by atoms with Crippen LogP contribution in [0.15, 0.2) is 33.9 Å². The number of hydrogen-bond acceptors (Lipinski definition) is 8. The number of nitrogens with zero attached hydrogens (tertiary/aromatic N) is 2. The van der Waals surface area contributed by atoms with E-state index in [0.29, 0.717) is 26.5 Å². The number of benzene rings is 1. The Balaban J connectivity index is 1.60. The summed E-state index contributed by atoms with van der Waals surface area (Å²) in [6.45, 7) is 1.69. The van der Waals surface area contributed by atoms with Crippen molar-refractivity contribution in [2.24, 2.45) is 0 Å². The largest absolute Gasteiger partial charge is 0.465 e. The molecule has 0 spiro atoms. The third kappa shape index (κ3) is 3.57. The Morgan fingerprint density at radius 2 is 2.12 bits per heavy atom. The van der Waals surface area contributed by atoms with Gasteiger partial charge in [-0.1, -0.05) is 35.2 Å². The second-order valence-corrected chi connectivity index (χ2v) is 6.64. The van der Waals surface area contributed by atoms with Gasteiger partial charge in [0.25, 0.3) is 5.22 Å². The van der Waals surface area contributed by atoms with Crippen LogP contribution in [0.4, 0.5) is 5.13 Å². The Kier molecular flexibility index (Phi) is 4.81. The van der Waals surface area contributed by atoms with E-state index < -0.39 is 5.97 Å². The van der Waals surface area contributed by atoms with E-state index in [2.05, 4.69) is 20.0 Å². The number of oxazole rings is 1. The second kappa shape index (κ2) is 7.02. The third-order valence-electron chi connectivity index (χ3n) is 3.01. The number of hydrogen-bond donors (Lipinski definition) is 1. The monoisotopic (exact) mass is 363 g/mol. The number of esters is 1. The highest BCUT2D eigenvalue weighted by Gasteiger charge is 2.17. The molecule has 0 bridgehead atoms. The number of thiazole rings is 1. The number of anilines is 1. The number of fused-ring (bicyclic) bond motifs is 1. The van der Waals surface area contributed by atoms with E-state index in [4.69, 9.17) is 4.42 Å². The zero-order valence-electron chi connectivity index (χ0n) is 12.9. The molecular weight excluding hydrogens is 350 g/mol. The van der Waals surface area contributed by atoms with Gasteiger partial charge in [0.2, 0.25) is 5.91 Å². The van der Waals surface area contributed by atoms with E-state index in [1.807, 2.05) is 24.3 Å². The lowest BCUT2D eigenvalue weighted by atomic mass is 10.3. The number of ether oxygens (including phenoxy) is 1.